The summed E-state index contributed by atoms with van der Waals surface area (Å²) in [5, 5.41) is 3.15. The molecule has 3 N–H and O–H groups in total. The molecule has 3 nitrogen and oxygen atoms in total. The average Bonchev–Trinajstić information content (AvgIpc) is 2.27. The quantitative estimate of drug-likeness (QED) is 0.489. The topological polar surface area (TPSA) is 55.1 Å². The Kier molecular flexibility index (Phi) is 5.03. The van der Waals surface area contributed by atoms with Gasteiger partial charge in [0.05, 0.1) is 17.3 Å². The summed E-state index contributed by atoms with van der Waals surface area (Å²) in [4.78, 5) is 12.1. The Morgan fingerprint density at radius 2 is 2.38 bits per heavy atom. The number of anilines is 1. The molecule has 1 aromatic carbocycles. The number of carbonyl (C=O) groups excluding carboxylic acids is 1. The fourth-order valence-corrected chi connectivity index (χ4v) is 2.07. The molecule has 0 aliphatic heterocycles. The number of rotatable bonds is 4. The summed E-state index contributed by atoms with van der Waals surface area (Å²) < 4.78 is 0. The minimum absolute atomic E-state index is 0.124. The number of hydrogen-bond donors (Lipinski definition) is 2. The van der Waals surface area contributed by atoms with Crippen LogP contribution in [0.1, 0.15) is 0 Å². The Balaban J connectivity index is 2.51. The molecule has 0 radical (unpaired) electrons. The predicted molar refractivity (Wildman–Crippen MR) is 68.4 cm³/mol. The first-order chi connectivity index (χ1) is 7.63. The molecule has 5 heteroatoms. The molecule has 0 saturated carbocycles. The molecule has 0 heterocycles. The van der Waals surface area contributed by atoms with E-state index >= 15 is 0 Å². The Hall–Kier alpha value is -1.31. The second kappa shape index (κ2) is 6.31. The molecule has 0 bridgehead atoms. The highest BCUT2D eigenvalue weighted by atomic mass is 35.5. The van der Waals surface area contributed by atoms with Crippen LogP contribution in [0.4, 0.5) is 5.69 Å². The van der Waals surface area contributed by atoms with Gasteiger partial charge in [0.15, 0.2) is 0 Å². The van der Waals surface area contributed by atoms with Crippen molar-refractivity contribution < 1.29 is 4.79 Å². The lowest BCUT2D eigenvalue weighted by Crippen LogP contribution is -2.25. The number of thioether (sulfide) groups is 1. The highest BCUT2D eigenvalue weighted by molar-refractivity contribution is 8.00. The summed E-state index contributed by atoms with van der Waals surface area (Å²) in [7, 11) is 0. The zero-order valence-electron chi connectivity index (χ0n) is 8.50. The molecule has 0 spiro atoms. The third-order valence-corrected chi connectivity index (χ3v) is 3.20. The van der Waals surface area contributed by atoms with Crippen LogP contribution in [0.3, 0.4) is 0 Å². The smallest absolute Gasteiger partial charge is 0.231 e. The van der Waals surface area contributed by atoms with E-state index in [4.69, 9.17) is 23.8 Å². The molecule has 1 rings (SSSR count). The molecule has 0 unspecified atom stereocenters. The van der Waals surface area contributed by atoms with E-state index in [2.05, 4.69) is 11.2 Å². The van der Waals surface area contributed by atoms with Crippen molar-refractivity contribution in [3.05, 3.63) is 23.2 Å². The number of terminal acetylenes is 1. The van der Waals surface area contributed by atoms with E-state index < -0.39 is 0 Å². The zero-order valence-corrected chi connectivity index (χ0v) is 10.1. The minimum atomic E-state index is -0.124. The Morgan fingerprint density at radius 3 is 3.06 bits per heavy atom. The first kappa shape index (κ1) is 12.8. The van der Waals surface area contributed by atoms with Gasteiger partial charge in [0.2, 0.25) is 5.91 Å². The molecule has 0 saturated heterocycles. The third-order valence-electron chi connectivity index (χ3n) is 1.70. The van der Waals surface area contributed by atoms with Crippen molar-refractivity contribution in [2.24, 2.45) is 0 Å². The van der Waals surface area contributed by atoms with Gasteiger partial charge in [0.25, 0.3) is 0 Å². The van der Waals surface area contributed by atoms with Crippen LogP contribution >= 0.6 is 23.4 Å². The Bertz CT molecular complexity index is 428. The van der Waals surface area contributed by atoms with Gasteiger partial charge in [0, 0.05) is 10.6 Å². The van der Waals surface area contributed by atoms with Gasteiger partial charge in [-0.1, -0.05) is 17.5 Å². The average molecular weight is 255 g/mol. The molecular formula is C11H11ClN2OS. The van der Waals surface area contributed by atoms with Crippen LogP contribution in [0, 0.1) is 12.3 Å². The Morgan fingerprint density at radius 1 is 1.62 bits per heavy atom. The van der Waals surface area contributed by atoms with Crippen molar-refractivity contribution in [1.82, 2.24) is 5.32 Å². The van der Waals surface area contributed by atoms with E-state index in [9.17, 15) is 4.79 Å². The summed E-state index contributed by atoms with van der Waals surface area (Å²) in [5.41, 5.74) is 6.24. The van der Waals surface area contributed by atoms with Gasteiger partial charge in [-0.2, -0.15) is 0 Å². The van der Waals surface area contributed by atoms with Crippen LogP contribution in [0.15, 0.2) is 23.1 Å². The summed E-state index contributed by atoms with van der Waals surface area (Å²) in [6.07, 6.45) is 5.02. The van der Waals surface area contributed by atoms with Crippen LogP contribution in [0.2, 0.25) is 5.02 Å². The van der Waals surface area contributed by atoms with Crippen molar-refractivity contribution in [1.29, 1.82) is 0 Å². The van der Waals surface area contributed by atoms with E-state index in [0.717, 1.165) is 4.90 Å². The molecule has 0 aromatic heterocycles. The summed E-state index contributed by atoms with van der Waals surface area (Å²) in [6, 6.07) is 5.16. The summed E-state index contributed by atoms with van der Waals surface area (Å²) in [6.45, 7) is 0.240. The SMILES string of the molecule is C#CCNC(=O)CSc1cc(N)ccc1Cl. The van der Waals surface area contributed by atoms with Gasteiger partial charge in [-0.3, -0.25) is 4.79 Å². The molecule has 0 atom stereocenters. The highest BCUT2D eigenvalue weighted by Gasteiger charge is 2.05. The molecule has 84 valence electrons. The van der Waals surface area contributed by atoms with Crippen molar-refractivity contribution in [3.63, 3.8) is 0 Å². The maximum absolute atomic E-state index is 11.3. The second-order valence-electron chi connectivity index (χ2n) is 2.96. The van der Waals surface area contributed by atoms with Gasteiger partial charge in [-0.25, -0.2) is 0 Å². The van der Waals surface area contributed by atoms with Gasteiger partial charge in [-0.15, -0.1) is 18.2 Å². The molecule has 0 fully saturated rings. The van der Waals surface area contributed by atoms with Gasteiger partial charge in [0.1, 0.15) is 0 Å². The summed E-state index contributed by atoms with van der Waals surface area (Å²) >= 11 is 7.27. The molecule has 1 aromatic rings. The largest absolute Gasteiger partial charge is 0.399 e. The lowest BCUT2D eigenvalue weighted by molar-refractivity contribution is -0.118. The summed E-state index contributed by atoms with van der Waals surface area (Å²) in [5.74, 6) is 2.48. The van der Waals surface area contributed by atoms with Gasteiger partial charge in [-0.05, 0) is 18.2 Å². The number of halogens is 1. The maximum Gasteiger partial charge on any atom is 0.231 e. The van der Waals surface area contributed by atoms with Crippen molar-refractivity contribution >= 4 is 35.0 Å². The van der Waals surface area contributed by atoms with Gasteiger partial charge >= 0.3 is 0 Å². The fraction of sp³-hybridized carbons (Fsp3) is 0.182. The minimum Gasteiger partial charge on any atom is -0.399 e. The predicted octanol–water partition coefficient (Wildman–Crippen LogP) is 1.76. The number of amides is 1. The van der Waals surface area contributed by atoms with Crippen LogP contribution in [-0.4, -0.2) is 18.2 Å². The lowest BCUT2D eigenvalue weighted by atomic mass is 10.3. The third kappa shape index (κ3) is 4.05. The van der Waals surface area contributed by atoms with E-state index in [0.29, 0.717) is 10.7 Å². The van der Waals surface area contributed by atoms with Crippen LogP contribution < -0.4 is 11.1 Å². The maximum atomic E-state index is 11.3. The monoisotopic (exact) mass is 254 g/mol. The first-order valence-corrected chi connectivity index (χ1v) is 5.88. The fourth-order valence-electron chi connectivity index (χ4n) is 0.975. The van der Waals surface area contributed by atoms with Crippen LogP contribution in [0.25, 0.3) is 0 Å². The number of nitrogens with one attached hydrogen (secondary N) is 1. The Labute approximate surface area is 104 Å². The van der Waals surface area contributed by atoms with Gasteiger partial charge < -0.3 is 11.1 Å². The van der Waals surface area contributed by atoms with Crippen LogP contribution in [0.5, 0.6) is 0 Å². The first-order valence-electron chi connectivity index (χ1n) is 4.51. The number of nitrogens with two attached hydrogens (primary N) is 1. The van der Waals surface area contributed by atoms with Crippen molar-refractivity contribution in [2.45, 2.75) is 4.90 Å². The lowest BCUT2D eigenvalue weighted by Gasteiger charge is -2.05. The van der Waals surface area contributed by atoms with E-state index in [1.807, 2.05) is 0 Å². The highest BCUT2D eigenvalue weighted by Crippen LogP contribution is 2.28. The van der Waals surface area contributed by atoms with E-state index in [1.165, 1.54) is 11.8 Å². The molecule has 0 aliphatic carbocycles. The van der Waals surface area contributed by atoms with Crippen molar-refractivity contribution in [2.75, 3.05) is 18.0 Å². The number of carbonyl (C=O) groups is 1. The standard InChI is InChI=1S/C11H11ClN2OS/c1-2-5-14-11(15)7-16-10-6-8(13)3-4-9(10)12/h1,3-4,6H,5,7,13H2,(H,14,15). The number of nitrogen functional groups attached to an aromatic ring is 1. The van der Waals surface area contributed by atoms with E-state index in [1.54, 1.807) is 18.2 Å². The normalized spacial score (nSPS) is 9.50. The molecule has 1 amide bonds. The van der Waals surface area contributed by atoms with E-state index in [-0.39, 0.29) is 18.2 Å². The molecule has 16 heavy (non-hydrogen) atoms. The number of hydrogen-bond acceptors (Lipinski definition) is 3. The second-order valence-corrected chi connectivity index (χ2v) is 4.38. The van der Waals surface area contributed by atoms with Crippen molar-refractivity contribution in [3.8, 4) is 12.3 Å². The zero-order chi connectivity index (χ0) is 12.0. The molecule has 0 aliphatic rings. The molecular weight excluding hydrogens is 244 g/mol. The number of benzene rings is 1. The van der Waals surface area contributed by atoms with Crippen LogP contribution in [-0.2, 0) is 4.79 Å².